The molecule has 64 valence electrons. The predicted octanol–water partition coefficient (Wildman–Crippen LogP) is 0.686. The van der Waals surface area contributed by atoms with Crippen molar-refractivity contribution in [3.63, 3.8) is 0 Å². The standard InChI is InChI=1S/C8H10N2O2/c1-12-8(11)6-2-5(6)7-3-9-4-10-7/h3-6H,2H2,1H3,(H,9,10). The Hall–Kier alpha value is -1.32. The van der Waals surface area contributed by atoms with Crippen LogP contribution in [0.1, 0.15) is 18.0 Å². The Morgan fingerprint density at radius 3 is 3.25 bits per heavy atom. The highest BCUT2D eigenvalue weighted by Gasteiger charge is 2.45. The molecular formula is C8H10N2O2. The molecule has 2 rings (SSSR count). The van der Waals surface area contributed by atoms with E-state index in [0.717, 1.165) is 12.1 Å². The SMILES string of the molecule is COC(=O)C1CC1c1cnc[nH]1. The third-order valence-electron chi connectivity index (χ3n) is 2.21. The van der Waals surface area contributed by atoms with Crippen molar-refractivity contribution in [2.75, 3.05) is 7.11 Å². The maximum Gasteiger partial charge on any atom is 0.309 e. The minimum atomic E-state index is -0.116. The summed E-state index contributed by atoms with van der Waals surface area (Å²) in [5.74, 6) is 0.241. The van der Waals surface area contributed by atoms with Gasteiger partial charge in [-0.2, -0.15) is 0 Å². The Balaban J connectivity index is 2.01. The van der Waals surface area contributed by atoms with Gasteiger partial charge in [0.15, 0.2) is 0 Å². The molecule has 1 N–H and O–H groups in total. The molecule has 4 nitrogen and oxygen atoms in total. The van der Waals surface area contributed by atoms with Gasteiger partial charge in [0, 0.05) is 17.8 Å². The third kappa shape index (κ3) is 1.09. The molecule has 1 aliphatic rings. The Labute approximate surface area is 70.0 Å². The van der Waals surface area contributed by atoms with Crippen molar-refractivity contribution in [2.24, 2.45) is 5.92 Å². The Morgan fingerprint density at radius 1 is 1.83 bits per heavy atom. The van der Waals surface area contributed by atoms with E-state index in [9.17, 15) is 4.79 Å². The molecule has 2 unspecified atom stereocenters. The van der Waals surface area contributed by atoms with Crippen LogP contribution in [-0.4, -0.2) is 23.0 Å². The molecule has 1 saturated carbocycles. The van der Waals surface area contributed by atoms with Gasteiger partial charge in [0.25, 0.3) is 0 Å². The highest BCUT2D eigenvalue weighted by molar-refractivity contribution is 5.76. The normalized spacial score (nSPS) is 26.8. The second-order valence-electron chi connectivity index (χ2n) is 2.98. The number of ether oxygens (including phenoxy) is 1. The Morgan fingerprint density at radius 2 is 2.67 bits per heavy atom. The number of H-pyrrole nitrogens is 1. The lowest BCUT2D eigenvalue weighted by atomic mass is 10.2. The fraction of sp³-hybridized carbons (Fsp3) is 0.500. The van der Waals surface area contributed by atoms with Gasteiger partial charge < -0.3 is 9.72 Å². The Bertz CT molecular complexity index is 281. The minimum absolute atomic E-state index is 0.0513. The van der Waals surface area contributed by atoms with Crippen LogP contribution >= 0.6 is 0 Å². The number of hydrogen-bond acceptors (Lipinski definition) is 3. The second kappa shape index (κ2) is 2.62. The molecule has 0 aliphatic heterocycles. The van der Waals surface area contributed by atoms with Crippen molar-refractivity contribution in [3.8, 4) is 0 Å². The van der Waals surface area contributed by atoms with Crippen LogP contribution in [-0.2, 0) is 9.53 Å². The average molecular weight is 166 g/mol. The van der Waals surface area contributed by atoms with Crippen molar-refractivity contribution in [2.45, 2.75) is 12.3 Å². The maximum atomic E-state index is 11.0. The molecule has 1 aliphatic carbocycles. The summed E-state index contributed by atoms with van der Waals surface area (Å²) in [4.78, 5) is 17.9. The van der Waals surface area contributed by atoms with Gasteiger partial charge in [-0.05, 0) is 6.42 Å². The zero-order valence-corrected chi connectivity index (χ0v) is 6.78. The summed E-state index contributed by atoms with van der Waals surface area (Å²) in [7, 11) is 1.42. The van der Waals surface area contributed by atoms with Crippen LogP contribution in [0.2, 0.25) is 0 Å². The van der Waals surface area contributed by atoms with E-state index < -0.39 is 0 Å². The highest BCUT2D eigenvalue weighted by Crippen LogP contribution is 2.46. The lowest BCUT2D eigenvalue weighted by molar-refractivity contribution is -0.142. The van der Waals surface area contributed by atoms with Crippen LogP contribution in [0, 0.1) is 5.92 Å². The predicted molar refractivity (Wildman–Crippen MR) is 41.5 cm³/mol. The number of nitrogens with one attached hydrogen (secondary N) is 1. The van der Waals surface area contributed by atoms with E-state index in [1.165, 1.54) is 7.11 Å². The monoisotopic (exact) mass is 166 g/mol. The third-order valence-corrected chi connectivity index (χ3v) is 2.21. The molecule has 0 saturated heterocycles. The molecule has 0 amide bonds. The lowest BCUT2D eigenvalue weighted by Crippen LogP contribution is -2.03. The van der Waals surface area contributed by atoms with Crippen LogP contribution in [0.3, 0.4) is 0 Å². The number of carbonyl (C=O) groups is 1. The van der Waals surface area contributed by atoms with E-state index in [1.807, 2.05) is 0 Å². The Kier molecular flexibility index (Phi) is 1.60. The quantitative estimate of drug-likeness (QED) is 0.657. The summed E-state index contributed by atoms with van der Waals surface area (Å²) >= 11 is 0. The van der Waals surface area contributed by atoms with Gasteiger partial charge in [-0.1, -0.05) is 0 Å². The largest absolute Gasteiger partial charge is 0.469 e. The van der Waals surface area contributed by atoms with Gasteiger partial charge in [-0.3, -0.25) is 4.79 Å². The fourth-order valence-corrected chi connectivity index (χ4v) is 1.42. The van der Waals surface area contributed by atoms with Crippen LogP contribution in [0.4, 0.5) is 0 Å². The van der Waals surface area contributed by atoms with Gasteiger partial charge in [0.05, 0.1) is 19.4 Å². The molecule has 1 aromatic rings. The molecule has 4 heteroatoms. The number of carbonyl (C=O) groups excluding carboxylic acids is 1. The minimum Gasteiger partial charge on any atom is -0.469 e. The van der Waals surface area contributed by atoms with Gasteiger partial charge in [0.1, 0.15) is 0 Å². The summed E-state index contributed by atoms with van der Waals surface area (Å²) in [6, 6.07) is 0. The van der Waals surface area contributed by atoms with Crippen molar-refractivity contribution < 1.29 is 9.53 Å². The van der Waals surface area contributed by atoms with Crippen LogP contribution < -0.4 is 0 Å². The van der Waals surface area contributed by atoms with E-state index in [-0.39, 0.29) is 11.9 Å². The number of rotatable bonds is 2. The summed E-state index contributed by atoms with van der Waals surface area (Å²) in [5, 5.41) is 0. The molecule has 2 atom stereocenters. The number of aromatic nitrogens is 2. The summed E-state index contributed by atoms with van der Waals surface area (Å²) in [6.45, 7) is 0. The fourth-order valence-electron chi connectivity index (χ4n) is 1.42. The lowest BCUT2D eigenvalue weighted by Gasteiger charge is -1.94. The zero-order valence-electron chi connectivity index (χ0n) is 6.78. The van der Waals surface area contributed by atoms with Gasteiger partial charge in [0.2, 0.25) is 0 Å². The molecule has 0 spiro atoms. The molecule has 0 radical (unpaired) electrons. The van der Waals surface area contributed by atoms with Crippen molar-refractivity contribution in [1.82, 2.24) is 9.97 Å². The molecular weight excluding hydrogens is 156 g/mol. The number of esters is 1. The number of nitrogens with zero attached hydrogens (tertiary/aromatic N) is 1. The van der Waals surface area contributed by atoms with Crippen molar-refractivity contribution in [3.05, 3.63) is 18.2 Å². The summed E-state index contributed by atoms with van der Waals surface area (Å²) < 4.78 is 4.63. The molecule has 12 heavy (non-hydrogen) atoms. The number of hydrogen-bond donors (Lipinski definition) is 1. The molecule has 1 aromatic heterocycles. The summed E-state index contributed by atoms with van der Waals surface area (Å²) in [5.41, 5.74) is 1.03. The summed E-state index contributed by atoms with van der Waals surface area (Å²) in [6.07, 6.45) is 4.27. The average Bonchev–Trinajstić information content (AvgIpc) is 2.71. The maximum absolute atomic E-state index is 11.0. The van der Waals surface area contributed by atoms with E-state index in [1.54, 1.807) is 12.5 Å². The molecule has 1 fully saturated rings. The number of imidazole rings is 1. The first-order valence-corrected chi connectivity index (χ1v) is 3.89. The smallest absolute Gasteiger partial charge is 0.309 e. The first-order valence-electron chi connectivity index (χ1n) is 3.89. The van der Waals surface area contributed by atoms with E-state index in [2.05, 4.69) is 14.7 Å². The van der Waals surface area contributed by atoms with Gasteiger partial charge in [-0.15, -0.1) is 0 Å². The molecule has 0 aromatic carbocycles. The van der Waals surface area contributed by atoms with E-state index in [0.29, 0.717) is 5.92 Å². The number of methoxy groups -OCH3 is 1. The van der Waals surface area contributed by atoms with Gasteiger partial charge >= 0.3 is 5.97 Å². The first-order chi connectivity index (χ1) is 5.83. The van der Waals surface area contributed by atoms with Crippen LogP contribution in [0.5, 0.6) is 0 Å². The number of aromatic amines is 1. The van der Waals surface area contributed by atoms with Crippen molar-refractivity contribution >= 4 is 5.97 Å². The molecule has 1 heterocycles. The zero-order chi connectivity index (χ0) is 8.55. The van der Waals surface area contributed by atoms with E-state index >= 15 is 0 Å². The molecule has 0 bridgehead atoms. The van der Waals surface area contributed by atoms with Crippen LogP contribution in [0.25, 0.3) is 0 Å². The topological polar surface area (TPSA) is 55.0 Å². The van der Waals surface area contributed by atoms with E-state index in [4.69, 9.17) is 0 Å². The van der Waals surface area contributed by atoms with Gasteiger partial charge in [-0.25, -0.2) is 4.98 Å². The van der Waals surface area contributed by atoms with Crippen molar-refractivity contribution in [1.29, 1.82) is 0 Å². The highest BCUT2D eigenvalue weighted by atomic mass is 16.5. The first kappa shape index (κ1) is 7.34. The second-order valence-corrected chi connectivity index (χ2v) is 2.98. The van der Waals surface area contributed by atoms with Crippen LogP contribution in [0.15, 0.2) is 12.5 Å².